The number of hydrogen-bond acceptors (Lipinski definition) is 5. The van der Waals surface area contributed by atoms with Crippen molar-refractivity contribution < 1.29 is 22.9 Å². The van der Waals surface area contributed by atoms with Crippen molar-refractivity contribution >= 4 is 19.4 Å². The first kappa shape index (κ1) is 23.5. The smallest absolute Gasteiger partial charge is 0.403 e. The van der Waals surface area contributed by atoms with Gasteiger partial charge in [-0.25, -0.2) is 4.57 Å². The molecule has 0 radical (unpaired) electrons. The Morgan fingerprint density at radius 2 is 1.12 bits per heavy atom. The highest BCUT2D eigenvalue weighted by molar-refractivity contribution is 7.48. The van der Waals surface area contributed by atoms with Gasteiger partial charge in [0.1, 0.15) is 5.75 Å². The molecule has 4 aromatic carbocycles. The predicted octanol–water partition coefficient (Wildman–Crippen LogP) is 6.86. The number of anilines is 1. The lowest BCUT2D eigenvalue weighted by Gasteiger charge is -2.20. The third kappa shape index (κ3) is 6.65. The fraction of sp³-hybridized carbons (Fsp3) is 0.0741. The van der Waals surface area contributed by atoms with Crippen molar-refractivity contribution in [2.75, 3.05) is 5.32 Å². The van der Waals surface area contributed by atoms with E-state index in [4.69, 9.17) is 13.6 Å². The molecule has 34 heavy (non-hydrogen) atoms. The molecule has 6 nitrogen and oxygen atoms in total. The predicted molar refractivity (Wildman–Crippen MR) is 132 cm³/mol. The summed E-state index contributed by atoms with van der Waals surface area (Å²) in [6.07, 6.45) is 0. The Bertz CT molecular complexity index is 1200. The van der Waals surface area contributed by atoms with Gasteiger partial charge in [0.15, 0.2) is 0 Å². The second-order valence-corrected chi connectivity index (χ2v) is 8.97. The highest BCUT2D eigenvalue weighted by Crippen LogP contribution is 2.51. The lowest BCUT2D eigenvalue weighted by Crippen LogP contribution is -2.14. The first-order valence-corrected chi connectivity index (χ1v) is 12.2. The minimum absolute atomic E-state index is 0.0191. The third-order valence-electron chi connectivity index (χ3n) is 4.84. The molecule has 0 aromatic heterocycles. The molecule has 0 heterocycles. The zero-order valence-electron chi connectivity index (χ0n) is 18.4. The van der Waals surface area contributed by atoms with Crippen LogP contribution in [0, 0.1) is 0 Å². The van der Waals surface area contributed by atoms with Crippen molar-refractivity contribution in [2.24, 2.45) is 0 Å². The number of amides is 1. The van der Waals surface area contributed by atoms with Crippen LogP contribution < -0.4 is 9.84 Å². The van der Waals surface area contributed by atoms with E-state index in [-0.39, 0.29) is 24.5 Å². The lowest BCUT2D eigenvalue weighted by molar-refractivity contribution is 0.102. The number of phosphoric acid groups is 1. The number of nitrogens with one attached hydrogen (secondary N) is 1. The summed E-state index contributed by atoms with van der Waals surface area (Å²) in [5.74, 6) is -0.306. The van der Waals surface area contributed by atoms with Crippen molar-refractivity contribution in [2.45, 2.75) is 13.2 Å². The Labute approximate surface area is 198 Å². The molecule has 0 aliphatic carbocycles. The first-order chi connectivity index (χ1) is 16.6. The molecular formula is C27H24NO5P. The summed E-state index contributed by atoms with van der Waals surface area (Å²) in [7, 11) is -4.10. The van der Waals surface area contributed by atoms with Gasteiger partial charge in [0.2, 0.25) is 0 Å². The van der Waals surface area contributed by atoms with Crippen LogP contribution in [0.25, 0.3) is 0 Å². The van der Waals surface area contributed by atoms with Crippen LogP contribution in [0.5, 0.6) is 5.75 Å². The van der Waals surface area contributed by atoms with E-state index < -0.39 is 13.7 Å². The van der Waals surface area contributed by atoms with Crippen LogP contribution in [-0.4, -0.2) is 5.91 Å². The lowest BCUT2D eigenvalue weighted by atomic mass is 10.2. The van der Waals surface area contributed by atoms with Crippen LogP contribution in [0.3, 0.4) is 0 Å². The van der Waals surface area contributed by atoms with Crippen molar-refractivity contribution in [1.29, 1.82) is 0 Å². The second kappa shape index (κ2) is 11.4. The third-order valence-corrected chi connectivity index (χ3v) is 6.15. The number of benzene rings is 4. The van der Waals surface area contributed by atoms with Gasteiger partial charge < -0.3 is 9.84 Å². The molecule has 4 aromatic rings. The van der Waals surface area contributed by atoms with Gasteiger partial charge in [0, 0.05) is 5.69 Å². The molecule has 0 saturated heterocycles. The van der Waals surface area contributed by atoms with E-state index in [1.54, 1.807) is 36.4 Å². The number of phosphoric ester groups is 1. The Balaban J connectivity index is 1.55. The van der Waals surface area contributed by atoms with Gasteiger partial charge in [-0.3, -0.25) is 13.8 Å². The largest absolute Gasteiger partial charge is 0.530 e. The molecule has 0 unspecified atom stereocenters. The van der Waals surface area contributed by atoms with Crippen LogP contribution >= 0.6 is 7.82 Å². The summed E-state index contributed by atoms with van der Waals surface area (Å²) in [5, 5.41) is 2.81. The number of carbonyl (C=O) groups excluding carboxylic acids is 1. The van der Waals surface area contributed by atoms with E-state index in [0.29, 0.717) is 5.69 Å². The van der Waals surface area contributed by atoms with Crippen LogP contribution in [0.1, 0.15) is 21.5 Å². The molecule has 0 spiro atoms. The molecule has 0 aliphatic rings. The maximum atomic E-state index is 13.7. The number of rotatable bonds is 10. The van der Waals surface area contributed by atoms with Crippen LogP contribution in [-0.2, 0) is 26.8 Å². The maximum absolute atomic E-state index is 13.7. The van der Waals surface area contributed by atoms with Crippen LogP contribution in [0.4, 0.5) is 5.69 Å². The van der Waals surface area contributed by atoms with Crippen molar-refractivity contribution in [3.63, 3.8) is 0 Å². The highest BCUT2D eigenvalue weighted by Gasteiger charge is 2.31. The molecule has 0 atom stereocenters. The summed E-state index contributed by atoms with van der Waals surface area (Å²) in [6, 6.07) is 34.2. The normalized spacial score (nSPS) is 11.1. The van der Waals surface area contributed by atoms with E-state index in [9.17, 15) is 9.36 Å². The molecule has 1 amide bonds. The summed E-state index contributed by atoms with van der Waals surface area (Å²) in [5.41, 5.74) is 2.46. The second-order valence-electron chi connectivity index (χ2n) is 7.37. The van der Waals surface area contributed by atoms with Gasteiger partial charge in [0.25, 0.3) is 5.91 Å². The van der Waals surface area contributed by atoms with Gasteiger partial charge >= 0.3 is 7.82 Å². The molecule has 0 bridgehead atoms. The Morgan fingerprint density at radius 1 is 0.647 bits per heavy atom. The summed E-state index contributed by atoms with van der Waals surface area (Å²) in [4.78, 5) is 12.9. The molecule has 4 rings (SSSR count). The number of para-hydroxylation sites is 2. The molecule has 0 fully saturated rings. The Morgan fingerprint density at radius 3 is 1.68 bits per heavy atom. The molecule has 172 valence electrons. The van der Waals surface area contributed by atoms with Gasteiger partial charge in [0.05, 0.1) is 18.8 Å². The molecular weight excluding hydrogens is 449 g/mol. The first-order valence-electron chi connectivity index (χ1n) is 10.7. The van der Waals surface area contributed by atoms with Crippen LogP contribution in [0.15, 0.2) is 115 Å². The highest BCUT2D eigenvalue weighted by atomic mass is 31.2. The Hall–Kier alpha value is -3.70. The van der Waals surface area contributed by atoms with E-state index in [1.165, 1.54) is 0 Å². The maximum Gasteiger partial charge on any atom is 0.530 e. The SMILES string of the molecule is O=C(Nc1ccccc1)c1ccccc1OP(=O)(OCc1ccccc1)OCc1ccccc1. The monoisotopic (exact) mass is 473 g/mol. The van der Waals surface area contributed by atoms with Gasteiger partial charge in [-0.1, -0.05) is 91.0 Å². The average molecular weight is 473 g/mol. The van der Waals surface area contributed by atoms with Gasteiger partial charge in [-0.2, -0.15) is 0 Å². The van der Waals surface area contributed by atoms with Crippen molar-refractivity contribution in [1.82, 2.24) is 0 Å². The van der Waals surface area contributed by atoms with Crippen LogP contribution in [0.2, 0.25) is 0 Å². The zero-order chi connectivity index (χ0) is 23.6. The number of carbonyl (C=O) groups is 1. The zero-order valence-corrected chi connectivity index (χ0v) is 19.3. The molecule has 1 N–H and O–H groups in total. The fourth-order valence-corrected chi connectivity index (χ4v) is 4.31. The molecule has 7 heteroatoms. The topological polar surface area (TPSA) is 73.9 Å². The minimum Gasteiger partial charge on any atom is -0.403 e. The standard InChI is InChI=1S/C27H24NO5P/c29-27(28-24-16-8-3-9-17-24)25-18-10-11-19-26(25)33-34(30,31-20-22-12-4-1-5-13-22)32-21-23-14-6-2-7-15-23/h1-19H,20-21H2,(H,28,29). The van der Waals surface area contributed by atoms with E-state index in [0.717, 1.165) is 11.1 Å². The van der Waals surface area contributed by atoms with Gasteiger partial charge in [-0.05, 0) is 35.4 Å². The summed E-state index contributed by atoms with van der Waals surface area (Å²) < 4.78 is 30.8. The average Bonchev–Trinajstić information content (AvgIpc) is 2.89. The van der Waals surface area contributed by atoms with Crippen molar-refractivity contribution in [3.8, 4) is 5.75 Å². The quantitative estimate of drug-likeness (QED) is 0.255. The molecule has 0 saturated carbocycles. The minimum atomic E-state index is -4.10. The van der Waals surface area contributed by atoms with Crippen molar-refractivity contribution in [3.05, 3.63) is 132 Å². The van der Waals surface area contributed by atoms with E-state index in [1.807, 2.05) is 78.9 Å². The molecule has 0 aliphatic heterocycles. The fourth-order valence-electron chi connectivity index (χ4n) is 3.12. The summed E-state index contributed by atoms with van der Waals surface area (Å²) in [6.45, 7) is 0.0383. The Kier molecular flexibility index (Phi) is 7.89. The van der Waals surface area contributed by atoms with E-state index >= 15 is 0 Å². The van der Waals surface area contributed by atoms with Gasteiger partial charge in [-0.15, -0.1) is 0 Å². The van der Waals surface area contributed by atoms with E-state index in [2.05, 4.69) is 5.32 Å². The number of hydrogen-bond donors (Lipinski definition) is 1. The summed E-state index contributed by atoms with van der Waals surface area (Å²) >= 11 is 0.